The number of aromatic amines is 1. The minimum atomic E-state index is 0.763. The average molecular weight is 320 g/mol. The van der Waals surface area contributed by atoms with Crippen LogP contribution in [0.1, 0.15) is 18.4 Å². The predicted molar refractivity (Wildman–Crippen MR) is 101 cm³/mol. The molecule has 23 heavy (non-hydrogen) atoms. The monoisotopic (exact) mass is 320 g/mol. The topological polar surface area (TPSA) is 41.8 Å². The number of nitrogens with two attached hydrogens (primary N) is 1. The molecule has 2 nitrogen and oxygen atoms in total. The van der Waals surface area contributed by atoms with Crippen LogP contribution in [0, 0.1) is 0 Å². The van der Waals surface area contributed by atoms with Crippen molar-refractivity contribution in [1.82, 2.24) is 4.98 Å². The first-order valence-corrected chi connectivity index (χ1v) is 9.02. The van der Waals surface area contributed by atoms with E-state index in [-0.39, 0.29) is 0 Å². The van der Waals surface area contributed by atoms with Crippen LogP contribution in [0.5, 0.6) is 0 Å². The van der Waals surface area contributed by atoms with Crippen LogP contribution in [0.2, 0.25) is 0 Å². The Labute approximate surface area is 140 Å². The third-order valence-corrected chi connectivity index (χ3v) is 5.41. The van der Waals surface area contributed by atoms with E-state index in [9.17, 15) is 0 Å². The summed E-state index contributed by atoms with van der Waals surface area (Å²) in [6.07, 6.45) is 3.28. The van der Waals surface area contributed by atoms with Crippen molar-refractivity contribution in [2.24, 2.45) is 5.73 Å². The van der Waals surface area contributed by atoms with E-state index >= 15 is 0 Å². The largest absolute Gasteiger partial charge is 0.354 e. The Morgan fingerprint density at radius 3 is 2.57 bits per heavy atom. The van der Waals surface area contributed by atoms with Crippen LogP contribution in [-0.2, 0) is 6.42 Å². The van der Waals surface area contributed by atoms with Crippen molar-refractivity contribution in [3.8, 4) is 11.3 Å². The van der Waals surface area contributed by atoms with Crippen molar-refractivity contribution in [2.45, 2.75) is 19.3 Å². The second-order valence-corrected chi connectivity index (χ2v) is 6.83. The van der Waals surface area contributed by atoms with Gasteiger partial charge >= 0.3 is 0 Å². The second kappa shape index (κ2) is 6.19. The van der Waals surface area contributed by atoms with Gasteiger partial charge in [0.2, 0.25) is 0 Å². The van der Waals surface area contributed by atoms with Crippen molar-refractivity contribution in [3.05, 3.63) is 59.5 Å². The molecule has 3 heteroatoms. The summed E-state index contributed by atoms with van der Waals surface area (Å²) < 4.78 is 1.34. The number of thiophene rings is 1. The standard InChI is InChI=1S/C20H20N2S/c21-12-6-5-9-16-14-7-1-3-10-18(14)22-20(16)17-13-23-19-11-4-2-8-15(17)19/h1-4,7-8,10-11,13,22H,5-6,9,12,21H2. The molecule has 4 rings (SSSR count). The van der Waals surface area contributed by atoms with E-state index in [4.69, 9.17) is 5.73 Å². The molecular weight excluding hydrogens is 300 g/mol. The van der Waals surface area contributed by atoms with Crippen LogP contribution < -0.4 is 5.73 Å². The molecule has 2 aromatic heterocycles. The Kier molecular flexibility index (Phi) is 3.90. The number of para-hydroxylation sites is 1. The van der Waals surface area contributed by atoms with E-state index < -0.39 is 0 Å². The van der Waals surface area contributed by atoms with Crippen molar-refractivity contribution < 1.29 is 0 Å². The molecule has 0 fully saturated rings. The van der Waals surface area contributed by atoms with E-state index in [1.165, 1.54) is 37.8 Å². The number of rotatable bonds is 5. The first kappa shape index (κ1) is 14.5. The van der Waals surface area contributed by atoms with Crippen molar-refractivity contribution in [2.75, 3.05) is 6.54 Å². The molecule has 116 valence electrons. The number of fused-ring (bicyclic) bond motifs is 2. The Hall–Kier alpha value is -2.10. The lowest BCUT2D eigenvalue weighted by Gasteiger charge is -2.04. The molecule has 0 radical (unpaired) electrons. The molecule has 4 aromatic rings. The van der Waals surface area contributed by atoms with E-state index in [1.807, 2.05) is 11.3 Å². The minimum absolute atomic E-state index is 0.763. The van der Waals surface area contributed by atoms with Gasteiger partial charge in [0.15, 0.2) is 0 Å². The molecule has 0 amide bonds. The van der Waals surface area contributed by atoms with Crippen molar-refractivity contribution in [3.63, 3.8) is 0 Å². The zero-order valence-electron chi connectivity index (χ0n) is 13.0. The number of aryl methyl sites for hydroxylation is 1. The van der Waals surface area contributed by atoms with Gasteiger partial charge in [0.1, 0.15) is 0 Å². The summed E-state index contributed by atoms with van der Waals surface area (Å²) in [6, 6.07) is 17.2. The first-order chi connectivity index (χ1) is 11.4. The van der Waals surface area contributed by atoms with E-state index in [0.29, 0.717) is 0 Å². The lowest BCUT2D eigenvalue weighted by molar-refractivity contribution is 0.748. The molecule has 0 spiro atoms. The summed E-state index contributed by atoms with van der Waals surface area (Å²) in [7, 11) is 0. The van der Waals surface area contributed by atoms with Gasteiger partial charge in [-0.05, 0) is 43.5 Å². The van der Waals surface area contributed by atoms with Gasteiger partial charge in [-0.15, -0.1) is 11.3 Å². The molecule has 0 aliphatic rings. The van der Waals surface area contributed by atoms with Crippen molar-refractivity contribution >= 4 is 32.3 Å². The summed E-state index contributed by atoms with van der Waals surface area (Å²) in [4.78, 5) is 3.66. The molecule has 0 aliphatic heterocycles. The van der Waals surface area contributed by atoms with E-state index in [0.717, 1.165) is 25.8 Å². The normalized spacial score (nSPS) is 11.5. The minimum Gasteiger partial charge on any atom is -0.354 e. The molecule has 0 atom stereocenters. The number of aromatic nitrogens is 1. The highest BCUT2D eigenvalue weighted by molar-refractivity contribution is 7.17. The number of H-pyrrole nitrogens is 1. The number of hydrogen-bond donors (Lipinski definition) is 2. The molecule has 0 aliphatic carbocycles. The lowest BCUT2D eigenvalue weighted by Crippen LogP contribution is -1.99. The summed E-state index contributed by atoms with van der Waals surface area (Å²) in [5, 5.41) is 4.96. The average Bonchev–Trinajstić information content (AvgIpc) is 3.16. The van der Waals surface area contributed by atoms with Crippen LogP contribution in [0.4, 0.5) is 0 Å². The maximum atomic E-state index is 5.68. The number of hydrogen-bond acceptors (Lipinski definition) is 2. The van der Waals surface area contributed by atoms with Gasteiger partial charge in [-0.1, -0.05) is 36.4 Å². The van der Waals surface area contributed by atoms with Crippen LogP contribution in [0.3, 0.4) is 0 Å². The quantitative estimate of drug-likeness (QED) is 0.479. The van der Waals surface area contributed by atoms with Gasteiger partial charge in [-0.25, -0.2) is 0 Å². The number of nitrogens with one attached hydrogen (secondary N) is 1. The Bertz CT molecular complexity index is 949. The van der Waals surface area contributed by atoms with Crippen LogP contribution in [0.15, 0.2) is 53.9 Å². The Balaban J connectivity index is 1.89. The number of benzene rings is 2. The Morgan fingerprint density at radius 2 is 1.70 bits per heavy atom. The van der Waals surface area contributed by atoms with E-state index in [2.05, 4.69) is 58.9 Å². The van der Waals surface area contributed by atoms with Gasteiger partial charge in [-0.2, -0.15) is 0 Å². The molecule has 2 aromatic carbocycles. The Morgan fingerprint density at radius 1 is 0.913 bits per heavy atom. The highest BCUT2D eigenvalue weighted by Gasteiger charge is 2.15. The summed E-state index contributed by atoms with van der Waals surface area (Å²) >= 11 is 1.82. The molecule has 0 saturated heterocycles. The first-order valence-electron chi connectivity index (χ1n) is 8.15. The summed E-state index contributed by atoms with van der Waals surface area (Å²) in [5.74, 6) is 0. The van der Waals surface area contributed by atoms with Gasteiger partial charge in [0, 0.05) is 31.9 Å². The fourth-order valence-electron chi connectivity index (χ4n) is 3.31. The SMILES string of the molecule is NCCCCc1c(-c2csc3ccccc23)[nH]c2ccccc12. The molecule has 0 bridgehead atoms. The van der Waals surface area contributed by atoms with Gasteiger partial charge in [0.05, 0.1) is 5.69 Å². The molecule has 2 heterocycles. The van der Waals surface area contributed by atoms with Gasteiger partial charge < -0.3 is 10.7 Å². The lowest BCUT2D eigenvalue weighted by atomic mass is 10.00. The van der Waals surface area contributed by atoms with Crippen molar-refractivity contribution in [1.29, 1.82) is 0 Å². The van der Waals surface area contributed by atoms with Gasteiger partial charge in [-0.3, -0.25) is 0 Å². The van der Waals surface area contributed by atoms with Gasteiger partial charge in [0.25, 0.3) is 0 Å². The molecule has 0 saturated carbocycles. The highest BCUT2D eigenvalue weighted by atomic mass is 32.1. The van der Waals surface area contributed by atoms with Crippen LogP contribution in [0.25, 0.3) is 32.2 Å². The summed E-state index contributed by atoms with van der Waals surface area (Å²) in [6.45, 7) is 0.763. The third kappa shape index (κ3) is 2.56. The fourth-order valence-corrected chi connectivity index (χ4v) is 4.26. The predicted octanol–water partition coefficient (Wildman–Crippen LogP) is 5.33. The maximum Gasteiger partial charge on any atom is 0.0512 e. The highest BCUT2D eigenvalue weighted by Crippen LogP contribution is 2.38. The zero-order chi connectivity index (χ0) is 15.6. The molecule has 0 unspecified atom stereocenters. The molecule has 3 N–H and O–H groups in total. The third-order valence-electron chi connectivity index (χ3n) is 4.44. The fraction of sp³-hybridized carbons (Fsp3) is 0.200. The number of unbranched alkanes of at least 4 members (excludes halogenated alkanes) is 1. The zero-order valence-corrected chi connectivity index (χ0v) is 13.8. The smallest absolute Gasteiger partial charge is 0.0512 e. The van der Waals surface area contributed by atoms with Crippen LogP contribution >= 0.6 is 11.3 Å². The second-order valence-electron chi connectivity index (χ2n) is 5.92. The molecular formula is C20H20N2S. The summed E-state index contributed by atoms with van der Waals surface area (Å²) in [5.41, 5.74) is 10.9. The van der Waals surface area contributed by atoms with Crippen LogP contribution in [-0.4, -0.2) is 11.5 Å². The van der Waals surface area contributed by atoms with E-state index in [1.54, 1.807) is 0 Å². The maximum absolute atomic E-state index is 5.68.